The van der Waals surface area contributed by atoms with Gasteiger partial charge in [-0.3, -0.25) is 4.79 Å². The number of aliphatic carboxylic acids is 1. The first kappa shape index (κ1) is 20.6. The molecule has 0 aliphatic heterocycles. The third-order valence-corrected chi connectivity index (χ3v) is 9.66. The quantitative estimate of drug-likeness (QED) is 0.614. The van der Waals surface area contributed by atoms with Gasteiger partial charge in [0.15, 0.2) is 0 Å². The molecule has 0 heterocycles. The maximum atomic E-state index is 11.1. The van der Waals surface area contributed by atoms with E-state index in [-0.39, 0.29) is 24.0 Å². The monoisotopic (exact) mass is 393 g/mol. The van der Waals surface area contributed by atoms with Gasteiger partial charge in [0.25, 0.3) is 0 Å². The summed E-state index contributed by atoms with van der Waals surface area (Å²) in [5, 5.41) is 19.3. The molecule has 4 N–H and O–H groups in total. The summed E-state index contributed by atoms with van der Waals surface area (Å²) in [6, 6.07) is 0. The maximum Gasteiger partial charge on any atom is 0.303 e. The Balaban J connectivity index is 1.54. The Morgan fingerprint density at radius 2 is 1.96 bits per heavy atom. The Hall–Kier alpha value is -0.650. The third-order valence-electron chi connectivity index (χ3n) is 9.66. The number of carbonyl (C=O) groups is 1. The number of carboxylic acid groups (broad SMARTS) is 1. The van der Waals surface area contributed by atoms with Crippen LogP contribution in [-0.2, 0) is 9.63 Å². The van der Waals surface area contributed by atoms with Gasteiger partial charge in [-0.1, -0.05) is 13.8 Å². The van der Waals surface area contributed by atoms with Crippen LogP contribution in [0.4, 0.5) is 0 Å². The van der Waals surface area contributed by atoms with Crippen molar-refractivity contribution in [1.29, 1.82) is 0 Å². The Bertz CT molecular complexity index is 583. The fourth-order valence-corrected chi connectivity index (χ4v) is 8.49. The summed E-state index contributed by atoms with van der Waals surface area (Å²) >= 11 is 0. The molecule has 4 fully saturated rings. The summed E-state index contributed by atoms with van der Waals surface area (Å²) in [5.74, 6) is 9.40. The number of fused-ring (bicyclic) bond motifs is 5. The van der Waals surface area contributed by atoms with Gasteiger partial charge in [0.05, 0.1) is 12.2 Å². The zero-order chi connectivity index (χ0) is 20.1. The molecule has 0 aromatic carbocycles. The van der Waals surface area contributed by atoms with Crippen molar-refractivity contribution in [2.75, 3.05) is 0 Å². The second-order valence-corrected chi connectivity index (χ2v) is 10.8. The van der Waals surface area contributed by atoms with Gasteiger partial charge < -0.3 is 15.1 Å². The van der Waals surface area contributed by atoms with Crippen LogP contribution in [0, 0.1) is 46.8 Å². The van der Waals surface area contributed by atoms with Crippen LogP contribution in [0.2, 0.25) is 0 Å². The molecule has 4 rings (SSSR count). The van der Waals surface area contributed by atoms with Crippen molar-refractivity contribution in [3.8, 4) is 0 Å². The van der Waals surface area contributed by atoms with Gasteiger partial charge in [0, 0.05) is 6.42 Å². The minimum atomic E-state index is -0.676. The van der Waals surface area contributed by atoms with E-state index in [1.54, 1.807) is 0 Å². The number of nitrogens with two attached hydrogens (primary N) is 1. The van der Waals surface area contributed by atoms with Crippen molar-refractivity contribution in [2.24, 2.45) is 52.7 Å². The number of hydrogen-bond donors (Lipinski definition) is 3. The predicted molar refractivity (Wildman–Crippen MR) is 107 cm³/mol. The minimum Gasteiger partial charge on any atom is -0.481 e. The lowest BCUT2D eigenvalue weighted by atomic mass is 9.48. The van der Waals surface area contributed by atoms with E-state index < -0.39 is 5.97 Å². The molecule has 0 spiro atoms. The number of aliphatic hydroxyl groups excluding tert-OH is 1. The molecule has 0 aromatic rings. The van der Waals surface area contributed by atoms with Gasteiger partial charge in [0.2, 0.25) is 0 Å². The highest BCUT2D eigenvalue weighted by molar-refractivity contribution is 5.66. The van der Waals surface area contributed by atoms with Crippen molar-refractivity contribution in [2.45, 2.75) is 90.3 Å². The molecule has 10 atom stereocenters. The maximum absolute atomic E-state index is 11.1. The number of rotatable bonds is 5. The van der Waals surface area contributed by atoms with Gasteiger partial charge in [-0.05, 0) is 105 Å². The van der Waals surface area contributed by atoms with Gasteiger partial charge in [-0.2, -0.15) is 0 Å². The Morgan fingerprint density at radius 3 is 2.68 bits per heavy atom. The summed E-state index contributed by atoms with van der Waals surface area (Å²) in [4.78, 5) is 16.7. The van der Waals surface area contributed by atoms with Crippen LogP contribution in [0.3, 0.4) is 0 Å². The summed E-state index contributed by atoms with van der Waals surface area (Å²) in [6.45, 7) is 4.75. The fourth-order valence-electron chi connectivity index (χ4n) is 8.49. The summed E-state index contributed by atoms with van der Waals surface area (Å²) in [7, 11) is 0. The van der Waals surface area contributed by atoms with E-state index in [0.29, 0.717) is 35.5 Å². The largest absolute Gasteiger partial charge is 0.481 e. The van der Waals surface area contributed by atoms with Crippen molar-refractivity contribution in [3.05, 3.63) is 0 Å². The van der Waals surface area contributed by atoms with Gasteiger partial charge in [-0.25, -0.2) is 5.90 Å². The molecular weight excluding hydrogens is 354 g/mol. The molecule has 0 bridgehead atoms. The van der Waals surface area contributed by atoms with Gasteiger partial charge >= 0.3 is 5.97 Å². The van der Waals surface area contributed by atoms with Crippen LogP contribution in [0.15, 0.2) is 0 Å². The second-order valence-electron chi connectivity index (χ2n) is 10.8. The SMILES string of the molecule is CC(CCC(=O)O)C1CCC2C3C(ON)CC4CC(O)CCC4C3CCC12C. The molecule has 4 aliphatic rings. The smallest absolute Gasteiger partial charge is 0.303 e. The van der Waals surface area contributed by atoms with Crippen LogP contribution in [0.25, 0.3) is 0 Å². The van der Waals surface area contributed by atoms with E-state index >= 15 is 0 Å². The predicted octanol–water partition coefficient (Wildman–Crippen LogP) is 3.99. The molecule has 10 unspecified atom stereocenters. The number of aliphatic hydroxyl groups is 1. The van der Waals surface area contributed by atoms with E-state index in [2.05, 4.69) is 13.8 Å². The number of carboxylic acids is 1. The average molecular weight is 394 g/mol. The van der Waals surface area contributed by atoms with Crippen LogP contribution in [0.1, 0.15) is 78.1 Å². The molecule has 0 aromatic heterocycles. The number of hydrogen-bond acceptors (Lipinski definition) is 4. The van der Waals surface area contributed by atoms with E-state index in [1.165, 1.54) is 25.7 Å². The lowest BCUT2D eigenvalue weighted by molar-refractivity contribution is -0.157. The van der Waals surface area contributed by atoms with Crippen LogP contribution < -0.4 is 5.90 Å². The topological polar surface area (TPSA) is 92.8 Å². The van der Waals surface area contributed by atoms with Gasteiger partial charge in [0.1, 0.15) is 0 Å². The minimum absolute atomic E-state index is 0.120. The lowest BCUT2D eigenvalue weighted by Gasteiger charge is -2.58. The molecule has 28 heavy (non-hydrogen) atoms. The molecule has 0 radical (unpaired) electrons. The first-order chi connectivity index (χ1) is 13.3. The van der Waals surface area contributed by atoms with Crippen molar-refractivity contribution < 1.29 is 19.8 Å². The molecule has 5 nitrogen and oxygen atoms in total. The zero-order valence-corrected chi connectivity index (χ0v) is 17.6. The van der Waals surface area contributed by atoms with Crippen molar-refractivity contribution in [3.63, 3.8) is 0 Å². The Kier molecular flexibility index (Phi) is 5.80. The molecule has 160 valence electrons. The molecule has 0 saturated heterocycles. The van der Waals surface area contributed by atoms with E-state index in [1.807, 2.05) is 0 Å². The van der Waals surface area contributed by atoms with Gasteiger partial charge in [-0.15, -0.1) is 0 Å². The molecular formula is C23H39NO4. The molecule has 4 saturated carbocycles. The Labute approximate surface area is 169 Å². The van der Waals surface area contributed by atoms with Crippen LogP contribution >= 0.6 is 0 Å². The first-order valence-corrected chi connectivity index (χ1v) is 11.6. The first-order valence-electron chi connectivity index (χ1n) is 11.6. The van der Waals surface area contributed by atoms with Crippen molar-refractivity contribution >= 4 is 5.97 Å². The fraction of sp³-hybridized carbons (Fsp3) is 0.957. The standard InChI is InChI=1S/C23H39NO4/c1-13(3-8-21(26)27)18-6-7-19-22-17(9-10-23(18,19)2)16-5-4-15(25)11-14(16)12-20(22)28-24/h13-20,22,25H,3-12,24H2,1-2H3,(H,26,27). The highest BCUT2D eigenvalue weighted by Crippen LogP contribution is 2.65. The summed E-state index contributed by atoms with van der Waals surface area (Å²) in [6.07, 6.45) is 10.0. The highest BCUT2D eigenvalue weighted by atomic mass is 16.6. The van der Waals surface area contributed by atoms with E-state index in [0.717, 1.165) is 38.0 Å². The van der Waals surface area contributed by atoms with E-state index in [4.69, 9.17) is 15.8 Å². The third kappa shape index (κ3) is 3.41. The summed E-state index contributed by atoms with van der Waals surface area (Å²) < 4.78 is 0. The molecule has 5 heteroatoms. The molecule has 0 amide bonds. The highest BCUT2D eigenvalue weighted by Gasteiger charge is 2.60. The normalized spacial score (nSPS) is 49.0. The van der Waals surface area contributed by atoms with Crippen molar-refractivity contribution in [1.82, 2.24) is 0 Å². The van der Waals surface area contributed by atoms with Crippen LogP contribution in [0.5, 0.6) is 0 Å². The second kappa shape index (κ2) is 7.88. The van der Waals surface area contributed by atoms with Crippen LogP contribution in [-0.4, -0.2) is 28.4 Å². The average Bonchev–Trinajstić information content (AvgIpc) is 3.02. The molecule has 4 aliphatic carbocycles. The van der Waals surface area contributed by atoms with E-state index in [9.17, 15) is 9.90 Å². The zero-order valence-electron chi connectivity index (χ0n) is 17.6. The lowest BCUT2D eigenvalue weighted by Crippen LogP contribution is -2.55. The Morgan fingerprint density at radius 1 is 1.18 bits per heavy atom. The summed E-state index contributed by atoms with van der Waals surface area (Å²) in [5.41, 5.74) is 0.289.